The summed E-state index contributed by atoms with van der Waals surface area (Å²) >= 11 is 0. The lowest BCUT2D eigenvalue weighted by Crippen LogP contribution is -2.47. The van der Waals surface area contributed by atoms with Crippen LogP contribution >= 0.6 is 0 Å². The van der Waals surface area contributed by atoms with Gasteiger partial charge >= 0.3 is 5.97 Å². The summed E-state index contributed by atoms with van der Waals surface area (Å²) < 4.78 is 36.2. The lowest BCUT2D eigenvalue weighted by molar-refractivity contribution is -0.911. The van der Waals surface area contributed by atoms with Gasteiger partial charge in [0, 0.05) is 12.2 Å². The Morgan fingerprint density at radius 1 is 1.42 bits per heavy atom. The average Bonchev–Trinajstić information content (AvgIpc) is 2.33. The van der Waals surface area contributed by atoms with Crippen LogP contribution in [0.2, 0.25) is 0 Å². The van der Waals surface area contributed by atoms with Crippen LogP contribution in [-0.4, -0.2) is 55.9 Å². The second-order valence-electron chi connectivity index (χ2n) is 5.20. The predicted molar refractivity (Wildman–Crippen MR) is 71.1 cm³/mol. The van der Waals surface area contributed by atoms with Gasteiger partial charge in [-0.2, -0.15) is 0 Å². The molecule has 0 aliphatic carbocycles. The van der Waals surface area contributed by atoms with E-state index in [-0.39, 0.29) is 17.8 Å². The van der Waals surface area contributed by atoms with Crippen LogP contribution in [0.5, 0.6) is 0 Å². The third-order valence-corrected chi connectivity index (χ3v) is 4.19. The van der Waals surface area contributed by atoms with Crippen LogP contribution in [-0.2, 0) is 19.6 Å². The van der Waals surface area contributed by atoms with Crippen molar-refractivity contribution < 1.29 is 27.0 Å². The molecule has 1 unspecified atom stereocenters. The van der Waals surface area contributed by atoms with E-state index in [2.05, 4.69) is 4.74 Å². The van der Waals surface area contributed by atoms with Crippen molar-refractivity contribution in [3.05, 3.63) is 11.8 Å². The van der Waals surface area contributed by atoms with Crippen LogP contribution < -0.4 is 0 Å². The van der Waals surface area contributed by atoms with Crippen molar-refractivity contribution >= 4 is 16.1 Å². The van der Waals surface area contributed by atoms with Crippen molar-refractivity contribution in [1.82, 2.24) is 0 Å². The first-order chi connectivity index (χ1) is 8.49. The standard InChI is InChI=1S/C8H19NO3S.C4H4O2/c1-5-9(3,4)8(2)6-7-13(10,11)12;1-3-2-6-4(3)5/h8H,5-7H2,1-4H3;2H,1H3. The number of carbonyl (C=O) groups excluding carboxylic acids is 1. The molecule has 112 valence electrons. The fourth-order valence-corrected chi connectivity index (χ4v) is 1.83. The van der Waals surface area contributed by atoms with E-state index in [9.17, 15) is 17.8 Å². The van der Waals surface area contributed by atoms with Crippen LogP contribution in [0, 0.1) is 0 Å². The Morgan fingerprint density at radius 3 is 2.11 bits per heavy atom. The smallest absolute Gasteiger partial charge is 0.341 e. The van der Waals surface area contributed by atoms with Crippen molar-refractivity contribution in [2.24, 2.45) is 0 Å². The van der Waals surface area contributed by atoms with Crippen LogP contribution in [0.25, 0.3) is 0 Å². The van der Waals surface area contributed by atoms with E-state index < -0.39 is 10.1 Å². The Kier molecular flexibility index (Phi) is 6.68. The van der Waals surface area contributed by atoms with Gasteiger partial charge in [0.05, 0.1) is 42.4 Å². The number of cyclic esters (lactones) is 1. The molecule has 0 aromatic carbocycles. The molecule has 6 nitrogen and oxygen atoms in total. The molecule has 0 fully saturated rings. The largest absolute Gasteiger partial charge is 0.748 e. The number of hydrogen-bond donors (Lipinski definition) is 0. The van der Waals surface area contributed by atoms with Crippen molar-refractivity contribution in [2.75, 3.05) is 26.4 Å². The van der Waals surface area contributed by atoms with Gasteiger partial charge < -0.3 is 13.8 Å². The van der Waals surface area contributed by atoms with Crippen LogP contribution in [0.4, 0.5) is 0 Å². The van der Waals surface area contributed by atoms with Gasteiger partial charge in [0.2, 0.25) is 0 Å². The number of quaternary nitrogens is 1. The lowest BCUT2D eigenvalue weighted by atomic mass is 10.2. The van der Waals surface area contributed by atoms with E-state index in [1.165, 1.54) is 6.26 Å². The van der Waals surface area contributed by atoms with E-state index in [1.807, 2.05) is 27.9 Å². The summed E-state index contributed by atoms with van der Waals surface area (Å²) in [5.74, 6) is -0.453. The second kappa shape index (κ2) is 7.02. The van der Waals surface area contributed by atoms with Gasteiger partial charge in [-0.25, -0.2) is 13.2 Å². The highest BCUT2D eigenvalue weighted by Crippen LogP contribution is 2.10. The molecule has 0 amide bonds. The van der Waals surface area contributed by atoms with Gasteiger partial charge in [-0.15, -0.1) is 0 Å². The van der Waals surface area contributed by atoms with Gasteiger partial charge in [-0.3, -0.25) is 0 Å². The number of ether oxygens (including phenoxy) is 1. The zero-order chi connectivity index (χ0) is 15.3. The van der Waals surface area contributed by atoms with Gasteiger partial charge in [0.25, 0.3) is 0 Å². The summed E-state index contributed by atoms with van der Waals surface area (Å²) in [6.45, 7) is 6.66. The molecule has 1 aliphatic rings. The van der Waals surface area contributed by atoms with E-state index in [1.54, 1.807) is 6.92 Å². The van der Waals surface area contributed by atoms with Gasteiger partial charge in [0.15, 0.2) is 0 Å². The molecule has 0 saturated heterocycles. The van der Waals surface area contributed by atoms with Crippen molar-refractivity contribution in [2.45, 2.75) is 33.2 Å². The van der Waals surface area contributed by atoms with Crippen LogP contribution in [0.15, 0.2) is 11.8 Å². The zero-order valence-corrected chi connectivity index (χ0v) is 13.0. The molecule has 7 heteroatoms. The van der Waals surface area contributed by atoms with Crippen molar-refractivity contribution in [3.63, 3.8) is 0 Å². The molecule has 1 heterocycles. The summed E-state index contributed by atoms with van der Waals surface area (Å²) in [4.78, 5) is 9.94. The molecule has 0 aromatic rings. The van der Waals surface area contributed by atoms with Gasteiger partial charge in [-0.1, -0.05) is 0 Å². The van der Waals surface area contributed by atoms with Crippen LogP contribution in [0.3, 0.4) is 0 Å². The Morgan fingerprint density at radius 2 is 1.89 bits per heavy atom. The molecule has 0 saturated carbocycles. The molecule has 1 rings (SSSR count). The van der Waals surface area contributed by atoms with Gasteiger partial charge in [0.1, 0.15) is 6.26 Å². The summed E-state index contributed by atoms with van der Waals surface area (Å²) in [5, 5.41) is 0. The maximum Gasteiger partial charge on any atom is 0.341 e. The zero-order valence-electron chi connectivity index (χ0n) is 12.2. The number of rotatable bonds is 5. The Hall–Kier alpha value is -0.920. The minimum absolute atomic E-state index is 0.199. The summed E-state index contributed by atoms with van der Waals surface area (Å²) in [5.41, 5.74) is 0.704. The predicted octanol–water partition coefficient (Wildman–Crippen LogP) is 0.854. The minimum Gasteiger partial charge on any atom is -0.748 e. The quantitative estimate of drug-likeness (QED) is 0.426. The Bertz CT molecular complexity index is 439. The lowest BCUT2D eigenvalue weighted by Gasteiger charge is -2.35. The highest BCUT2D eigenvalue weighted by molar-refractivity contribution is 7.85. The second-order valence-corrected chi connectivity index (χ2v) is 6.72. The summed E-state index contributed by atoms with van der Waals surface area (Å²) in [7, 11) is 0.0120. The van der Waals surface area contributed by atoms with Crippen molar-refractivity contribution in [3.8, 4) is 0 Å². The molecule has 0 N–H and O–H groups in total. The van der Waals surface area contributed by atoms with Crippen molar-refractivity contribution in [1.29, 1.82) is 0 Å². The number of hydrogen-bond acceptors (Lipinski definition) is 5. The number of esters is 1. The van der Waals surface area contributed by atoms with E-state index in [4.69, 9.17) is 0 Å². The maximum absolute atomic E-state index is 10.4. The first kappa shape index (κ1) is 18.1. The maximum atomic E-state index is 10.4. The van der Waals surface area contributed by atoms with Crippen LogP contribution in [0.1, 0.15) is 27.2 Å². The molecular weight excluding hydrogens is 270 g/mol. The normalized spacial score (nSPS) is 16.5. The van der Waals surface area contributed by atoms with E-state index in [0.717, 1.165) is 11.0 Å². The third-order valence-electron chi connectivity index (χ3n) is 3.46. The molecule has 1 atom stereocenters. The molecular formula is C12H23NO5S. The van der Waals surface area contributed by atoms with E-state index >= 15 is 0 Å². The fraction of sp³-hybridized carbons (Fsp3) is 0.750. The summed E-state index contributed by atoms with van der Waals surface area (Å²) in [6, 6.07) is 0.203. The van der Waals surface area contributed by atoms with Gasteiger partial charge in [-0.05, 0) is 20.8 Å². The highest BCUT2D eigenvalue weighted by Gasteiger charge is 2.21. The fourth-order valence-electron chi connectivity index (χ4n) is 1.20. The third kappa shape index (κ3) is 7.29. The first-order valence-electron chi connectivity index (χ1n) is 6.13. The topological polar surface area (TPSA) is 83.5 Å². The monoisotopic (exact) mass is 293 g/mol. The highest BCUT2D eigenvalue weighted by atomic mass is 32.2. The Labute approximate surface area is 115 Å². The van der Waals surface area contributed by atoms with E-state index in [0.29, 0.717) is 12.0 Å². The minimum atomic E-state index is -4.05. The molecule has 0 aromatic heterocycles. The number of nitrogens with zero attached hydrogens (tertiary/aromatic N) is 1. The number of carbonyl (C=O) groups is 1. The SMILES string of the molecule is CC1=COC1=O.CC[N+](C)(C)C(C)CCS(=O)(=O)[O-]. The first-order valence-corrected chi connectivity index (χ1v) is 7.71. The molecule has 0 bridgehead atoms. The molecule has 19 heavy (non-hydrogen) atoms. The Balaban J connectivity index is 0.000000443. The average molecular weight is 293 g/mol. The molecule has 0 spiro atoms. The summed E-state index contributed by atoms with van der Waals surface area (Å²) in [6.07, 6.45) is 1.87. The molecule has 1 aliphatic heterocycles. The molecule has 0 radical (unpaired) electrons.